The van der Waals surface area contributed by atoms with E-state index in [1.165, 1.54) is 0 Å². The monoisotopic (exact) mass is 285 g/mol. The molecule has 0 radical (unpaired) electrons. The molecule has 1 amide bonds. The number of rotatable bonds is 3. The minimum atomic E-state index is -0.0254. The van der Waals surface area contributed by atoms with Crippen LogP contribution in [0.5, 0.6) is 0 Å². The van der Waals surface area contributed by atoms with E-state index in [4.69, 9.17) is 0 Å². The largest absolute Gasteiger partial charge is 0.387 e. The predicted molar refractivity (Wildman–Crippen MR) is 80.2 cm³/mol. The Balaban J connectivity index is 1.67. The summed E-state index contributed by atoms with van der Waals surface area (Å²) in [6, 6.07) is 7.71. The van der Waals surface area contributed by atoms with Gasteiger partial charge >= 0.3 is 0 Å². The molecule has 6 nitrogen and oxygen atoms in total. The zero-order valence-corrected chi connectivity index (χ0v) is 12.0. The van der Waals surface area contributed by atoms with Crippen LogP contribution in [0.25, 0.3) is 0 Å². The average molecular weight is 285 g/mol. The lowest BCUT2D eigenvalue weighted by atomic mass is 10.1. The fourth-order valence-corrected chi connectivity index (χ4v) is 2.71. The molecule has 1 aliphatic rings. The van der Waals surface area contributed by atoms with Crippen LogP contribution in [0.4, 0.5) is 5.69 Å². The van der Waals surface area contributed by atoms with Gasteiger partial charge in [0.2, 0.25) is 0 Å². The second-order valence-electron chi connectivity index (χ2n) is 5.23. The van der Waals surface area contributed by atoms with Crippen LogP contribution in [0.15, 0.2) is 30.6 Å². The summed E-state index contributed by atoms with van der Waals surface area (Å²) in [5.41, 5.74) is 1.53. The highest BCUT2D eigenvalue weighted by atomic mass is 16.1. The first-order valence-corrected chi connectivity index (χ1v) is 7.22. The Morgan fingerprint density at radius 1 is 1.33 bits per heavy atom. The van der Waals surface area contributed by atoms with Gasteiger partial charge in [-0.15, -0.1) is 10.2 Å². The summed E-state index contributed by atoms with van der Waals surface area (Å²) in [6.07, 6.45) is 4.40. The average Bonchev–Trinajstić information content (AvgIpc) is 2.89. The van der Waals surface area contributed by atoms with E-state index in [-0.39, 0.29) is 11.9 Å². The summed E-state index contributed by atoms with van der Waals surface area (Å²) < 4.78 is 2.06. The third kappa shape index (κ3) is 2.89. The summed E-state index contributed by atoms with van der Waals surface area (Å²) in [6.45, 7) is 0.848. The Morgan fingerprint density at radius 3 is 3.05 bits per heavy atom. The lowest BCUT2D eigenvalue weighted by Crippen LogP contribution is -2.35. The number of carbonyl (C=O) groups is 1. The van der Waals surface area contributed by atoms with Gasteiger partial charge in [0, 0.05) is 31.7 Å². The van der Waals surface area contributed by atoms with Crippen LogP contribution < -0.4 is 10.6 Å². The summed E-state index contributed by atoms with van der Waals surface area (Å²) in [4.78, 5) is 12.4. The highest BCUT2D eigenvalue weighted by molar-refractivity contribution is 5.99. The van der Waals surface area contributed by atoms with Gasteiger partial charge in [-0.25, -0.2) is 0 Å². The van der Waals surface area contributed by atoms with Crippen LogP contribution in [0.1, 0.15) is 29.0 Å². The van der Waals surface area contributed by atoms with Crippen molar-refractivity contribution in [3.05, 3.63) is 42.0 Å². The van der Waals surface area contributed by atoms with Crippen LogP contribution in [0.3, 0.4) is 0 Å². The first kappa shape index (κ1) is 13.6. The fourth-order valence-electron chi connectivity index (χ4n) is 2.71. The zero-order valence-electron chi connectivity index (χ0n) is 12.0. The number of fused-ring (bicyclic) bond motifs is 1. The Morgan fingerprint density at radius 2 is 2.19 bits per heavy atom. The second-order valence-corrected chi connectivity index (χ2v) is 5.23. The molecule has 1 atom stereocenters. The van der Waals surface area contributed by atoms with Gasteiger partial charge in [0.15, 0.2) is 0 Å². The molecule has 0 aliphatic carbocycles. The van der Waals surface area contributed by atoms with Gasteiger partial charge < -0.3 is 15.2 Å². The van der Waals surface area contributed by atoms with Crippen LogP contribution in [-0.4, -0.2) is 33.8 Å². The molecule has 1 aliphatic heterocycles. The number of para-hydroxylation sites is 1. The predicted octanol–water partition coefficient (Wildman–Crippen LogP) is 1.45. The summed E-state index contributed by atoms with van der Waals surface area (Å²) in [5, 5.41) is 14.2. The van der Waals surface area contributed by atoms with E-state index in [0.29, 0.717) is 5.56 Å². The van der Waals surface area contributed by atoms with Crippen molar-refractivity contribution in [2.24, 2.45) is 0 Å². The number of nitrogens with zero attached hydrogens (tertiary/aromatic N) is 3. The molecule has 6 heteroatoms. The normalized spacial score (nSPS) is 17.7. The van der Waals surface area contributed by atoms with Crippen molar-refractivity contribution < 1.29 is 4.79 Å². The molecular formula is C15H19N5O. The molecule has 0 spiro atoms. The van der Waals surface area contributed by atoms with Crippen molar-refractivity contribution in [2.75, 3.05) is 12.4 Å². The van der Waals surface area contributed by atoms with Gasteiger partial charge in [-0.1, -0.05) is 12.1 Å². The van der Waals surface area contributed by atoms with E-state index >= 15 is 0 Å². The number of nitrogens with one attached hydrogen (secondary N) is 2. The van der Waals surface area contributed by atoms with Gasteiger partial charge in [-0.3, -0.25) is 4.79 Å². The zero-order chi connectivity index (χ0) is 14.7. The quantitative estimate of drug-likeness (QED) is 0.895. The third-order valence-corrected chi connectivity index (χ3v) is 3.91. The number of hydrogen-bond donors (Lipinski definition) is 2. The topological polar surface area (TPSA) is 71.8 Å². The van der Waals surface area contributed by atoms with E-state index in [0.717, 1.165) is 37.3 Å². The first-order chi connectivity index (χ1) is 10.3. The molecule has 0 saturated carbocycles. The van der Waals surface area contributed by atoms with E-state index in [1.54, 1.807) is 6.33 Å². The number of hydrogen-bond acceptors (Lipinski definition) is 4. The number of aromatic nitrogens is 3. The third-order valence-electron chi connectivity index (χ3n) is 3.91. The Labute approximate surface area is 123 Å². The molecule has 0 fully saturated rings. The van der Waals surface area contributed by atoms with Crippen molar-refractivity contribution in [2.45, 2.75) is 31.8 Å². The van der Waals surface area contributed by atoms with Gasteiger partial charge in [0.25, 0.3) is 5.91 Å². The molecule has 110 valence electrons. The summed E-state index contributed by atoms with van der Waals surface area (Å²) in [7, 11) is 1.82. The number of anilines is 1. The Kier molecular flexibility index (Phi) is 3.85. The van der Waals surface area contributed by atoms with Gasteiger partial charge in [0.05, 0.1) is 5.56 Å². The molecule has 1 unspecified atom stereocenters. The van der Waals surface area contributed by atoms with Gasteiger partial charge in [-0.2, -0.15) is 0 Å². The minimum absolute atomic E-state index is 0.0254. The highest BCUT2D eigenvalue weighted by Crippen LogP contribution is 2.17. The van der Waals surface area contributed by atoms with Crippen LogP contribution >= 0.6 is 0 Å². The molecular weight excluding hydrogens is 266 g/mol. The van der Waals surface area contributed by atoms with Crippen molar-refractivity contribution in [3.63, 3.8) is 0 Å². The lowest BCUT2D eigenvalue weighted by Gasteiger charge is -2.17. The fraction of sp³-hybridized carbons (Fsp3) is 0.400. The van der Waals surface area contributed by atoms with Crippen molar-refractivity contribution in [1.82, 2.24) is 20.1 Å². The van der Waals surface area contributed by atoms with Crippen LogP contribution in [0, 0.1) is 0 Å². The van der Waals surface area contributed by atoms with Gasteiger partial charge in [0.1, 0.15) is 12.2 Å². The second kappa shape index (κ2) is 5.95. The first-order valence-electron chi connectivity index (χ1n) is 7.22. The van der Waals surface area contributed by atoms with Crippen molar-refractivity contribution in [1.29, 1.82) is 0 Å². The molecule has 2 aromatic rings. The summed E-state index contributed by atoms with van der Waals surface area (Å²) in [5.74, 6) is 0.977. The van der Waals surface area contributed by atoms with E-state index in [9.17, 15) is 4.79 Å². The van der Waals surface area contributed by atoms with E-state index in [2.05, 4.69) is 25.4 Å². The Hall–Kier alpha value is -2.37. The lowest BCUT2D eigenvalue weighted by molar-refractivity contribution is 0.0933. The number of carbonyl (C=O) groups excluding carboxylic acids is 1. The molecule has 2 N–H and O–H groups in total. The number of aryl methyl sites for hydroxylation is 2. The Bertz CT molecular complexity index is 614. The summed E-state index contributed by atoms with van der Waals surface area (Å²) >= 11 is 0. The maximum absolute atomic E-state index is 12.4. The van der Waals surface area contributed by atoms with Crippen molar-refractivity contribution >= 4 is 11.6 Å². The highest BCUT2D eigenvalue weighted by Gasteiger charge is 2.20. The minimum Gasteiger partial charge on any atom is -0.387 e. The molecule has 0 bridgehead atoms. The number of amides is 1. The van der Waals surface area contributed by atoms with Crippen LogP contribution in [-0.2, 0) is 13.0 Å². The van der Waals surface area contributed by atoms with Crippen LogP contribution in [0.2, 0.25) is 0 Å². The number of benzene rings is 1. The van der Waals surface area contributed by atoms with E-state index < -0.39 is 0 Å². The molecule has 1 aromatic carbocycles. The maximum Gasteiger partial charge on any atom is 0.253 e. The molecule has 0 saturated heterocycles. The molecule has 2 heterocycles. The standard InChI is InChI=1S/C15H19N5O/c1-16-13-5-3-2-4-12(13)15(21)18-11-6-7-14-19-17-10-20(14)9-8-11/h2-5,10-11,16H,6-9H2,1H3,(H,18,21). The maximum atomic E-state index is 12.4. The smallest absolute Gasteiger partial charge is 0.253 e. The van der Waals surface area contributed by atoms with Gasteiger partial charge in [-0.05, 0) is 25.0 Å². The molecule has 3 rings (SSSR count). The molecule has 1 aromatic heterocycles. The van der Waals surface area contributed by atoms with E-state index in [1.807, 2.05) is 31.3 Å². The van der Waals surface area contributed by atoms with Crippen molar-refractivity contribution in [3.8, 4) is 0 Å². The SMILES string of the molecule is CNc1ccccc1C(=O)NC1CCc2nncn2CC1. The molecule has 21 heavy (non-hydrogen) atoms.